The molecule has 1 aliphatic rings. The Morgan fingerprint density at radius 1 is 1.26 bits per heavy atom. The van der Waals surface area contributed by atoms with Crippen LogP contribution < -0.4 is 4.46 Å². The fourth-order valence-corrected chi connectivity index (χ4v) is 6.22. The summed E-state index contributed by atoms with van der Waals surface area (Å²) in [5.41, 5.74) is 3.81. The quantitative estimate of drug-likeness (QED) is 0.279. The van der Waals surface area contributed by atoms with Crippen molar-refractivity contribution in [2.45, 2.75) is 65.1 Å². The summed E-state index contributed by atoms with van der Waals surface area (Å²) in [6, 6.07) is 10.5. The summed E-state index contributed by atoms with van der Waals surface area (Å²) in [6.07, 6.45) is 8.62. The SMILES string of the molecule is C=C(C)C(CC[C@]1(C)C=CCC[C@H]1C(=O)[C@@H](C)[Se]c1ccccc1)=C(C)C. The minimum absolute atomic E-state index is 0.0491. The summed E-state index contributed by atoms with van der Waals surface area (Å²) < 4.78 is 1.31. The van der Waals surface area contributed by atoms with E-state index in [1.807, 2.05) is 6.07 Å². The Labute approximate surface area is 172 Å². The number of allylic oxidation sites excluding steroid dienone is 5. The van der Waals surface area contributed by atoms with Crippen molar-refractivity contribution in [2.75, 3.05) is 0 Å². The predicted octanol–water partition coefficient (Wildman–Crippen LogP) is 6.06. The van der Waals surface area contributed by atoms with Crippen LogP contribution in [0.1, 0.15) is 60.3 Å². The van der Waals surface area contributed by atoms with Crippen molar-refractivity contribution in [1.82, 2.24) is 0 Å². The van der Waals surface area contributed by atoms with E-state index in [9.17, 15) is 4.79 Å². The molecular weight excluding hydrogens is 395 g/mol. The number of hydrogen-bond acceptors (Lipinski definition) is 1. The van der Waals surface area contributed by atoms with Crippen molar-refractivity contribution >= 4 is 25.2 Å². The summed E-state index contributed by atoms with van der Waals surface area (Å²) in [7, 11) is 0. The number of Topliss-reactive ketones (excluding diaryl/α,β-unsaturated/α-hetero) is 1. The second-order valence-electron chi connectivity index (χ2n) is 8.27. The van der Waals surface area contributed by atoms with Crippen LogP contribution in [-0.4, -0.2) is 20.7 Å². The van der Waals surface area contributed by atoms with Gasteiger partial charge in [-0.15, -0.1) is 0 Å². The van der Waals surface area contributed by atoms with Gasteiger partial charge in [-0.2, -0.15) is 0 Å². The maximum absolute atomic E-state index is 13.4. The monoisotopic (exact) mass is 430 g/mol. The number of hydrogen-bond donors (Lipinski definition) is 0. The summed E-state index contributed by atoms with van der Waals surface area (Å²) in [5, 5.41) is 0. The van der Waals surface area contributed by atoms with Crippen molar-refractivity contribution in [3.05, 3.63) is 65.8 Å². The normalized spacial score (nSPS) is 22.9. The minimum atomic E-state index is -0.0491. The number of rotatable bonds is 8. The van der Waals surface area contributed by atoms with Crippen LogP contribution in [0.5, 0.6) is 0 Å². The summed E-state index contributed by atoms with van der Waals surface area (Å²) in [5.74, 6) is 0.589. The van der Waals surface area contributed by atoms with Crippen molar-refractivity contribution in [1.29, 1.82) is 0 Å². The molecule has 2 rings (SSSR count). The third-order valence-corrected chi connectivity index (χ3v) is 8.12. The van der Waals surface area contributed by atoms with Gasteiger partial charge in [-0.3, -0.25) is 0 Å². The van der Waals surface area contributed by atoms with Gasteiger partial charge in [0.05, 0.1) is 0 Å². The molecule has 0 amide bonds. The Bertz CT molecular complexity index is 724. The zero-order valence-electron chi connectivity index (χ0n) is 17.5. The van der Waals surface area contributed by atoms with Crippen LogP contribution in [-0.2, 0) is 4.79 Å². The van der Waals surface area contributed by atoms with Crippen LogP contribution >= 0.6 is 0 Å². The number of benzene rings is 1. The molecule has 1 nitrogen and oxygen atoms in total. The number of carbonyl (C=O) groups is 1. The zero-order valence-corrected chi connectivity index (χ0v) is 19.3. The van der Waals surface area contributed by atoms with Gasteiger partial charge in [-0.05, 0) is 0 Å². The fourth-order valence-electron chi connectivity index (χ4n) is 4.12. The molecule has 27 heavy (non-hydrogen) atoms. The molecule has 1 aromatic carbocycles. The van der Waals surface area contributed by atoms with Crippen LogP contribution in [0.4, 0.5) is 0 Å². The summed E-state index contributed by atoms with van der Waals surface area (Å²) in [6.45, 7) is 15.0. The van der Waals surface area contributed by atoms with Gasteiger partial charge in [-0.25, -0.2) is 0 Å². The third-order valence-electron chi connectivity index (χ3n) is 5.75. The van der Waals surface area contributed by atoms with Crippen LogP contribution in [0.3, 0.4) is 0 Å². The number of carbonyl (C=O) groups excluding carboxylic acids is 1. The Morgan fingerprint density at radius 2 is 1.93 bits per heavy atom. The van der Waals surface area contributed by atoms with E-state index in [2.05, 4.69) is 77.6 Å². The van der Waals surface area contributed by atoms with E-state index < -0.39 is 0 Å². The zero-order chi connectivity index (χ0) is 20.0. The molecule has 0 saturated carbocycles. The predicted molar refractivity (Wildman–Crippen MR) is 119 cm³/mol. The Kier molecular flexibility index (Phi) is 7.89. The first-order chi connectivity index (χ1) is 12.7. The summed E-state index contributed by atoms with van der Waals surface area (Å²) in [4.78, 5) is 13.5. The number of ketones is 1. The molecule has 146 valence electrons. The molecule has 0 bridgehead atoms. The standard InChI is InChI=1S/C25H34OSe/c1-18(2)22(19(3)4)15-17-25(6)16-11-10-14-23(25)24(26)20(5)27-21-12-8-7-9-13-21/h7-9,11-13,16,20,23H,1,10,14-15,17H2,2-6H3/t20-,23+,25+/m1/s1. The van der Waals surface area contributed by atoms with Gasteiger partial charge >= 0.3 is 172 Å². The molecule has 0 fully saturated rings. The molecule has 3 atom stereocenters. The van der Waals surface area contributed by atoms with E-state index in [0.717, 1.165) is 31.3 Å². The Balaban J connectivity index is 2.13. The fraction of sp³-hybridized carbons (Fsp3) is 0.480. The molecule has 0 spiro atoms. The average molecular weight is 430 g/mol. The van der Waals surface area contributed by atoms with E-state index in [1.54, 1.807) is 0 Å². The van der Waals surface area contributed by atoms with E-state index in [-0.39, 0.29) is 31.1 Å². The van der Waals surface area contributed by atoms with E-state index in [4.69, 9.17) is 0 Å². The molecule has 0 aliphatic heterocycles. The third kappa shape index (κ3) is 5.80. The molecule has 1 aliphatic carbocycles. The molecule has 0 unspecified atom stereocenters. The van der Waals surface area contributed by atoms with E-state index >= 15 is 0 Å². The van der Waals surface area contributed by atoms with Crippen LogP contribution in [0.15, 0.2) is 65.8 Å². The van der Waals surface area contributed by atoms with Crippen molar-refractivity contribution in [3.8, 4) is 0 Å². The van der Waals surface area contributed by atoms with Gasteiger partial charge in [-0.1, -0.05) is 0 Å². The molecule has 0 heterocycles. The van der Waals surface area contributed by atoms with Crippen molar-refractivity contribution < 1.29 is 4.79 Å². The Hall–Kier alpha value is -1.37. The molecule has 0 aromatic heterocycles. The first-order valence-corrected chi connectivity index (χ1v) is 11.8. The Morgan fingerprint density at radius 3 is 2.52 bits per heavy atom. The van der Waals surface area contributed by atoms with Crippen LogP contribution in [0, 0.1) is 11.3 Å². The van der Waals surface area contributed by atoms with Crippen molar-refractivity contribution in [3.63, 3.8) is 0 Å². The summed E-state index contributed by atoms with van der Waals surface area (Å²) >= 11 is 0.198. The molecule has 0 radical (unpaired) electrons. The van der Waals surface area contributed by atoms with Gasteiger partial charge in [0.2, 0.25) is 0 Å². The topological polar surface area (TPSA) is 17.1 Å². The first kappa shape index (κ1) is 21.9. The van der Waals surface area contributed by atoms with Gasteiger partial charge < -0.3 is 0 Å². The van der Waals surface area contributed by atoms with Crippen molar-refractivity contribution in [2.24, 2.45) is 11.3 Å². The van der Waals surface area contributed by atoms with Gasteiger partial charge in [0, 0.05) is 0 Å². The molecule has 0 N–H and O–H groups in total. The second-order valence-corrected chi connectivity index (χ2v) is 11.2. The van der Waals surface area contributed by atoms with E-state index in [1.165, 1.54) is 15.6 Å². The van der Waals surface area contributed by atoms with Gasteiger partial charge in [0.15, 0.2) is 0 Å². The van der Waals surface area contributed by atoms with E-state index in [0.29, 0.717) is 5.78 Å². The van der Waals surface area contributed by atoms with Gasteiger partial charge in [0.25, 0.3) is 0 Å². The average Bonchev–Trinajstić information content (AvgIpc) is 2.61. The van der Waals surface area contributed by atoms with Gasteiger partial charge in [0.1, 0.15) is 0 Å². The second kappa shape index (κ2) is 9.71. The van der Waals surface area contributed by atoms with Crippen LogP contribution in [0.25, 0.3) is 0 Å². The maximum atomic E-state index is 13.4. The molecular formula is C25H34OSe. The van der Waals surface area contributed by atoms with Crippen LogP contribution in [0.2, 0.25) is 4.82 Å². The molecule has 1 aromatic rings. The molecule has 2 heteroatoms. The first-order valence-electron chi connectivity index (χ1n) is 10.00. The molecule has 0 saturated heterocycles.